The molecular formula is C41H40N10O6. The molecule has 6 aromatic rings. The number of benzene rings is 3. The van der Waals surface area contributed by atoms with Gasteiger partial charge in [0.15, 0.2) is 0 Å². The molecule has 0 radical (unpaired) electrons. The molecule has 1 fully saturated rings. The molecule has 0 aliphatic carbocycles. The van der Waals surface area contributed by atoms with Crippen molar-refractivity contribution in [2.24, 2.45) is 0 Å². The first-order chi connectivity index (χ1) is 27.7. The van der Waals surface area contributed by atoms with Crippen LogP contribution >= 0.6 is 0 Å². The van der Waals surface area contributed by atoms with E-state index in [1.165, 1.54) is 7.11 Å². The number of likely N-dealkylation sites (tertiary alicyclic amines) is 1. The third-order valence-electron chi connectivity index (χ3n) is 9.72. The number of carboxylic acid groups (broad SMARTS) is 1. The van der Waals surface area contributed by atoms with Crippen molar-refractivity contribution in [2.45, 2.75) is 43.9 Å². The fourth-order valence-electron chi connectivity index (χ4n) is 6.80. The fraction of sp³-hybridized carbons (Fsp3) is 0.220. The number of carbonyl (C=O) groups is 4. The summed E-state index contributed by atoms with van der Waals surface area (Å²) in [6, 6.07) is 22.6. The topological polar surface area (TPSA) is 220 Å². The maximum Gasteiger partial charge on any atom is 0.407 e. The van der Waals surface area contributed by atoms with Crippen molar-refractivity contribution < 1.29 is 29.0 Å². The average molecular weight is 769 g/mol. The molecule has 0 saturated carbocycles. The monoisotopic (exact) mass is 768 g/mol. The van der Waals surface area contributed by atoms with Gasteiger partial charge in [-0.1, -0.05) is 84.9 Å². The molecule has 16 nitrogen and oxygen atoms in total. The van der Waals surface area contributed by atoms with Gasteiger partial charge in [-0.3, -0.25) is 19.6 Å². The number of hydrogen-bond donors (Lipinski definition) is 6. The first-order valence-corrected chi connectivity index (χ1v) is 18.3. The maximum absolute atomic E-state index is 13.7. The molecule has 1 saturated heterocycles. The van der Waals surface area contributed by atoms with E-state index in [1.807, 2.05) is 36.4 Å². The minimum atomic E-state index is -1.27. The highest BCUT2D eigenvalue weighted by Gasteiger charge is 2.37. The lowest BCUT2D eigenvalue weighted by molar-refractivity contribution is -0.134. The third-order valence-corrected chi connectivity index (χ3v) is 9.72. The zero-order valence-corrected chi connectivity index (χ0v) is 31.0. The SMILES string of the molecule is COC(=O)N[C@@H](C(=O)N[C@@H](C)c1ncc(-c2cnc(-c3ccc(-c4cnc([C@@H]5CCCN5C(=O)[C@H](NC(=O)O)c5ccccc5)[nH]4)cc3)cn2)[nH]1)c1ccccc1. The van der Waals surface area contributed by atoms with Crippen LogP contribution in [0.2, 0.25) is 0 Å². The Balaban J connectivity index is 0.990. The zero-order valence-electron chi connectivity index (χ0n) is 31.0. The second-order valence-electron chi connectivity index (χ2n) is 13.4. The Morgan fingerprint density at radius 1 is 0.737 bits per heavy atom. The zero-order chi connectivity index (χ0) is 39.9. The summed E-state index contributed by atoms with van der Waals surface area (Å²) < 4.78 is 4.71. The molecule has 57 heavy (non-hydrogen) atoms. The molecule has 0 unspecified atom stereocenters. The largest absolute Gasteiger partial charge is 0.465 e. The number of nitrogens with one attached hydrogen (secondary N) is 5. The Morgan fingerprint density at radius 2 is 1.37 bits per heavy atom. The molecule has 3 aromatic heterocycles. The lowest BCUT2D eigenvalue weighted by Crippen LogP contribution is -2.42. The second kappa shape index (κ2) is 17.0. The van der Waals surface area contributed by atoms with E-state index < -0.39 is 36.2 Å². The number of carbonyl (C=O) groups excluding carboxylic acids is 3. The van der Waals surface area contributed by atoms with Gasteiger partial charge in [-0.15, -0.1) is 0 Å². The van der Waals surface area contributed by atoms with Crippen molar-refractivity contribution >= 4 is 24.0 Å². The van der Waals surface area contributed by atoms with Gasteiger partial charge in [-0.25, -0.2) is 19.6 Å². The smallest absolute Gasteiger partial charge is 0.407 e. The molecule has 3 aromatic carbocycles. The van der Waals surface area contributed by atoms with Gasteiger partial charge in [-0.05, 0) is 36.5 Å². The number of aromatic amines is 2. The fourth-order valence-corrected chi connectivity index (χ4v) is 6.80. The van der Waals surface area contributed by atoms with Crippen LogP contribution in [-0.2, 0) is 14.3 Å². The maximum atomic E-state index is 13.7. The minimum Gasteiger partial charge on any atom is -0.465 e. The Bertz CT molecular complexity index is 2330. The number of alkyl carbamates (subject to hydrolysis) is 1. The van der Waals surface area contributed by atoms with Crippen LogP contribution < -0.4 is 16.0 Å². The molecule has 16 heteroatoms. The van der Waals surface area contributed by atoms with Crippen LogP contribution in [0.15, 0.2) is 110 Å². The van der Waals surface area contributed by atoms with E-state index in [2.05, 4.69) is 45.9 Å². The van der Waals surface area contributed by atoms with Gasteiger partial charge in [0.05, 0.1) is 61.1 Å². The normalized spacial score (nSPS) is 15.3. The number of imidazole rings is 2. The molecular weight excluding hydrogens is 729 g/mol. The third kappa shape index (κ3) is 8.64. The lowest BCUT2D eigenvalue weighted by atomic mass is 10.1. The molecule has 1 aliphatic rings. The van der Waals surface area contributed by atoms with Crippen LogP contribution in [0, 0.1) is 0 Å². The van der Waals surface area contributed by atoms with Crippen molar-refractivity contribution in [3.8, 4) is 33.9 Å². The van der Waals surface area contributed by atoms with Gasteiger partial charge >= 0.3 is 12.2 Å². The summed E-state index contributed by atoms with van der Waals surface area (Å²) in [7, 11) is 1.23. The van der Waals surface area contributed by atoms with E-state index in [0.29, 0.717) is 52.8 Å². The summed E-state index contributed by atoms with van der Waals surface area (Å²) in [6.07, 6.45) is 6.12. The molecule has 1 aliphatic heterocycles. The van der Waals surface area contributed by atoms with Crippen LogP contribution in [0.4, 0.5) is 9.59 Å². The first-order valence-electron chi connectivity index (χ1n) is 18.3. The summed E-state index contributed by atoms with van der Waals surface area (Å²) >= 11 is 0. The molecule has 4 atom stereocenters. The molecule has 6 N–H and O–H groups in total. The van der Waals surface area contributed by atoms with Gasteiger partial charge < -0.3 is 40.7 Å². The standard InChI is InChI=1S/C41H40N10O6/c1-24(46-38(52)34(50-41(56)57-2)27-10-5-3-6-11-27)36-44-23-32(48-36)31-22-42-29(20-43-31)25-15-17-26(18-16-25)30-21-45-37(47-30)33-14-9-19-51(33)39(53)35(49-40(54)55)28-12-7-4-8-13-28/h3-8,10-13,15-18,20-24,33-35,49H,9,14,19H2,1-2H3,(H,44,48)(H,45,47)(H,46,52)(H,50,56)(H,54,55)/t24-,33-,34+,35+/m0/s1. The van der Waals surface area contributed by atoms with E-state index >= 15 is 0 Å². The summed E-state index contributed by atoms with van der Waals surface area (Å²) in [4.78, 5) is 77.0. The highest BCUT2D eigenvalue weighted by Crippen LogP contribution is 2.34. The van der Waals surface area contributed by atoms with E-state index in [1.54, 1.807) is 85.1 Å². The van der Waals surface area contributed by atoms with Crippen molar-refractivity contribution in [2.75, 3.05) is 13.7 Å². The van der Waals surface area contributed by atoms with E-state index in [-0.39, 0.29) is 11.9 Å². The molecule has 7 rings (SSSR count). The van der Waals surface area contributed by atoms with Crippen LogP contribution in [0.25, 0.3) is 33.9 Å². The summed E-state index contributed by atoms with van der Waals surface area (Å²) in [5, 5.41) is 17.3. The molecule has 4 amide bonds. The number of methoxy groups -OCH3 is 1. The first kappa shape index (κ1) is 37.9. The number of nitrogens with zero attached hydrogens (tertiary/aromatic N) is 5. The average Bonchev–Trinajstić information content (AvgIpc) is 4.04. The molecule has 0 spiro atoms. The number of aromatic nitrogens is 6. The Kier molecular flexibility index (Phi) is 11.3. The van der Waals surface area contributed by atoms with Gasteiger partial charge in [0.1, 0.15) is 29.4 Å². The van der Waals surface area contributed by atoms with Crippen molar-refractivity contribution in [1.82, 2.24) is 50.8 Å². The Labute approximate surface area is 327 Å². The van der Waals surface area contributed by atoms with E-state index in [4.69, 9.17) is 4.74 Å². The molecule has 290 valence electrons. The van der Waals surface area contributed by atoms with Crippen LogP contribution in [-0.4, -0.2) is 77.6 Å². The quantitative estimate of drug-likeness (QED) is 0.0869. The van der Waals surface area contributed by atoms with Gasteiger partial charge in [-0.2, -0.15) is 0 Å². The van der Waals surface area contributed by atoms with Gasteiger partial charge in [0, 0.05) is 12.1 Å². The number of H-pyrrole nitrogens is 2. The van der Waals surface area contributed by atoms with Gasteiger partial charge in [0.25, 0.3) is 5.91 Å². The van der Waals surface area contributed by atoms with Crippen molar-refractivity contribution in [3.63, 3.8) is 0 Å². The second-order valence-corrected chi connectivity index (χ2v) is 13.4. The van der Waals surface area contributed by atoms with E-state index in [0.717, 1.165) is 23.2 Å². The van der Waals surface area contributed by atoms with Crippen LogP contribution in [0.3, 0.4) is 0 Å². The van der Waals surface area contributed by atoms with E-state index in [9.17, 15) is 24.3 Å². The molecule has 0 bridgehead atoms. The summed E-state index contributed by atoms with van der Waals surface area (Å²) in [5.74, 6) is 0.368. The predicted octanol–water partition coefficient (Wildman–Crippen LogP) is 5.87. The lowest BCUT2D eigenvalue weighted by Gasteiger charge is -2.28. The summed E-state index contributed by atoms with van der Waals surface area (Å²) in [5.41, 5.74) is 5.50. The minimum absolute atomic E-state index is 0.323. The Morgan fingerprint density at radius 3 is 2.02 bits per heavy atom. The van der Waals surface area contributed by atoms with Crippen molar-refractivity contribution in [1.29, 1.82) is 0 Å². The number of ether oxygens (including phenoxy) is 1. The van der Waals surface area contributed by atoms with Crippen LogP contribution in [0.5, 0.6) is 0 Å². The van der Waals surface area contributed by atoms with Crippen molar-refractivity contribution in [3.05, 3.63) is 132 Å². The predicted molar refractivity (Wildman–Crippen MR) is 208 cm³/mol. The highest BCUT2D eigenvalue weighted by molar-refractivity contribution is 5.88. The summed E-state index contributed by atoms with van der Waals surface area (Å²) in [6.45, 7) is 2.27. The number of rotatable bonds is 12. The molecule has 4 heterocycles. The Hall–Kier alpha value is -7.36. The highest BCUT2D eigenvalue weighted by atomic mass is 16.5. The van der Waals surface area contributed by atoms with Gasteiger partial charge in [0.2, 0.25) is 5.91 Å². The number of hydrogen-bond acceptors (Lipinski definition) is 9. The number of amides is 4. The van der Waals surface area contributed by atoms with Crippen LogP contribution in [0.1, 0.15) is 66.7 Å².